The molecule has 5 rings (SSSR count). The van der Waals surface area contributed by atoms with Crippen LogP contribution in [0.25, 0.3) is 0 Å². The first-order chi connectivity index (χ1) is 14.6. The summed E-state index contributed by atoms with van der Waals surface area (Å²) in [5.74, 6) is 0.216. The van der Waals surface area contributed by atoms with Gasteiger partial charge < -0.3 is 19.3 Å². The number of para-hydroxylation sites is 2. The van der Waals surface area contributed by atoms with Crippen LogP contribution in [0.1, 0.15) is 47.3 Å². The van der Waals surface area contributed by atoms with Crippen LogP contribution < -0.4 is 9.80 Å². The number of fused-ring (bicyclic) bond motifs is 2. The Hall–Kier alpha value is -3.16. The van der Waals surface area contributed by atoms with Gasteiger partial charge in [-0.05, 0) is 38.3 Å². The van der Waals surface area contributed by atoms with Crippen molar-refractivity contribution in [3.63, 3.8) is 0 Å². The number of anilines is 2. The molecular formula is C22H25N5O3. The quantitative estimate of drug-likeness (QED) is 0.781. The number of hydrogen-bond acceptors (Lipinski definition) is 4. The lowest BCUT2D eigenvalue weighted by Crippen LogP contribution is -2.40. The van der Waals surface area contributed by atoms with Gasteiger partial charge in [0.15, 0.2) is 5.82 Å². The molecule has 3 heterocycles. The van der Waals surface area contributed by atoms with E-state index in [4.69, 9.17) is 0 Å². The second kappa shape index (κ2) is 7.27. The number of imidazole rings is 1. The van der Waals surface area contributed by atoms with Gasteiger partial charge in [-0.2, -0.15) is 0 Å². The number of amides is 3. The van der Waals surface area contributed by atoms with Gasteiger partial charge in [-0.15, -0.1) is 0 Å². The highest BCUT2D eigenvalue weighted by atomic mass is 16.2. The molecule has 1 saturated carbocycles. The maximum atomic E-state index is 13.4. The van der Waals surface area contributed by atoms with Gasteiger partial charge in [-0.1, -0.05) is 12.1 Å². The summed E-state index contributed by atoms with van der Waals surface area (Å²) in [6, 6.07) is 7.56. The van der Waals surface area contributed by atoms with Gasteiger partial charge >= 0.3 is 0 Å². The summed E-state index contributed by atoms with van der Waals surface area (Å²) in [5.41, 5.74) is 1.77. The summed E-state index contributed by atoms with van der Waals surface area (Å²) >= 11 is 0. The van der Waals surface area contributed by atoms with Crippen molar-refractivity contribution >= 4 is 29.1 Å². The lowest BCUT2D eigenvalue weighted by molar-refractivity contribution is -0.119. The first kappa shape index (κ1) is 18.8. The van der Waals surface area contributed by atoms with Crippen LogP contribution in [0.5, 0.6) is 0 Å². The molecule has 0 N–H and O–H groups in total. The summed E-state index contributed by atoms with van der Waals surface area (Å²) in [4.78, 5) is 48.5. The van der Waals surface area contributed by atoms with Gasteiger partial charge in [0.25, 0.3) is 11.8 Å². The Balaban J connectivity index is 1.48. The molecule has 1 aliphatic carbocycles. The van der Waals surface area contributed by atoms with Crippen LogP contribution in [-0.4, -0.2) is 58.4 Å². The molecule has 0 unspecified atom stereocenters. The minimum Gasteiger partial charge on any atom is -0.334 e. The molecule has 8 heteroatoms. The zero-order valence-corrected chi connectivity index (χ0v) is 17.1. The summed E-state index contributed by atoms with van der Waals surface area (Å²) in [6.07, 6.45) is 4.27. The molecule has 30 heavy (non-hydrogen) atoms. The monoisotopic (exact) mass is 407 g/mol. The summed E-state index contributed by atoms with van der Waals surface area (Å²) in [7, 11) is 0. The molecule has 8 nitrogen and oxygen atoms in total. The largest absolute Gasteiger partial charge is 0.334 e. The molecule has 156 valence electrons. The molecule has 2 aromatic rings. The first-order valence-corrected chi connectivity index (χ1v) is 10.7. The Kier molecular flexibility index (Phi) is 4.56. The standard InChI is InChI=1S/C22H25N5O3/c1-2-24-12-13-25-14-16(23-19(25)22(24)30)21(29)27-11-5-10-26(20(28)15-8-9-15)17-6-3-4-7-18(17)27/h3-4,6-7,14-15H,2,5,8-13H2,1H3. The Morgan fingerprint density at radius 1 is 1.03 bits per heavy atom. The van der Waals surface area contributed by atoms with Crippen LogP contribution >= 0.6 is 0 Å². The lowest BCUT2D eigenvalue weighted by atomic mass is 10.2. The van der Waals surface area contributed by atoms with Gasteiger partial charge in [0, 0.05) is 44.8 Å². The molecule has 1 aromatic heterocycles. The van der Waals surface area contributed by atoms with E-state index in [1.807, 2.05) is 36.1 Å². The van der Waals surface area contributed by atoms with Crippen molar-refractivity contribution in [1.29, 1.82) is 0 Å². The Morgan fingerprint density at radius 2 is 1.73 bits per heavy atom. The number of likely N-dealkylation sites (N-methyl/N-ethyl adjacent to an activating group) is 1. The van der Waals surface area contributed by atoms with Crippen molar-refractivity contribution in [2.24, 2.45) is 5.92 Å². The van der Waals surface area contributed by atoms with Crippen LogP contribution in [0, 0.1) is 5.92 Å². The number of rotatable bonds is 3. The number of benzene rings is 1. The number of carbonyl (C=O) groups excluding carboxylic acids is 3. The molecule has 1 fully saturated rings. The van der Waals surface area contributed by atoms with Crippen molar-refractivity contribution < 1.29 is 14.4 Å². The average Bonchev–Trinajstić information content (AvgIpc) is 3.55. The molecule has 2 aliphatic heterocycles. The van der Waals surface area contributed by atoms with Crippen molar-refractivity contribution in [3.05, 3.63) is 42.0 Å². The van der Waals surface area contributed by atoms with Gasteiger partial charge in [-0.3, -0.25) is 14.4 Å². The topological polar surface area (TPSA) is 78.8 Å². The number of nitrogens with zero attached hydrogens (tertiary/aromatic N) is 5. The van der Waals surface area contributed by atoms with E-state index in [2.05, 4.69) is 4.98 Å². The molecule has 0 spiro atoms. The van der Waals surface area contributed by atoms with Crippen molar-refractivity contribution in [3.8, 4) is 0 Å². The second-order valence-corrected chi connectivity index (χ2v) is 8.09. The predicted octanol–water partition coefficient (Wildman–Crippen LogP) is 2.15. The highest BCUT2D eigenvalue weighted by Gasteiger charge is 2.37. The van der Waals surface area contributed by atoms with E-state index in [0.29, 0.717) is 45.0 Å². The molecule has 0 radical (unpaired) electrons. The van der Waals surface area contributed by atoms with Crippen molar-refractivity contribution in [2.45, 2.75) is 32.7 Å². The number of aromatic nitrogens is 2. The fourth-order valence-electron chi connectivity index (χ4n) is 4.31. The molecular weight excluding hydrogens is 382 g/mol. The third kappa shape index (κ3) is 3.07. The molecule has 0 bridgehead atoms. The first-order valence-electron chi connectivity index (χ1n) is 10.7. The fourth-order valence-corrected chi connectivity index (χ4v) is 4.31. The zero-order chi connectivity index (χ0) is 20.8. The summed E-state index contributed by atoms with van der Waals surface area (Å²) < 4.78 is 1.77. The fraction of sp³-hybridized carbons (Fsp3) is 0.455. The number of carbonyl (C=O) groups is 3. The SMILES string of the molecule is CCN1CCn2cc(C(=O)N3CCCN(C(=O)C4CC4)c4ccccc43)nc2C1=O. The Labute approximate surface area is 175 Å². The van der Waals surface area contributed by atoms with Gasteiger partial charge in [0.2, 0.25) is 5.91 Å². The maximum Gasteiger partial charge on any atom is 0.289 e. The third-order valence-corrected chi connectivity index (χ3v) is 6.13. The maximum absolute atomic E-state index is 13.4. The summed E-state index contributed by atoms with van der Waals surface area (Å²) in [6.45, 7) is 4.92. The minimum absolute atomic E-state index is 0.118. The van der Waals surface area contributed by atoms with E-state index in [9.17, 15) is 14.4 Å². The molecule has 0 atom stereocenters. The molecule has 3 aliphatic rings. The highest BCUT2D eigenvalue weighted by molar-refractivity contribution is 6.09. The van der Waals surface area contributed by atoms with Gasteiger partial charge in [0.05, 0.1) is 11.4 Å². The van der Waals surface area contributed by atoms with E-state index < -0.39 is 0 Å². The molecule has 0 saturated heterocycles. The smallest absolute Gasteiger partial charge is 0.289 e. The second-order valence-electron chi connectivity index (χ2n) is 8.09. The van der Waals surface area contributed by atoms with E-state index >= 15 is 0 Å². The Morgan fingerprint density at radius 3 is 2.43 bits per heavy atom. The lowest BCUT2D eigenvalue weighted by Gasteiger charge is -2.25. The van der Waals surface area contributed by atoms with E-state index in [-0.39, 0.29) is 29.3 Å². The minimum atomic E-state index is -0.235. The van der Waals surface area contributed by atoms with E-state index in [1.54, 1.807) is 20.6 Å². The van der Waals surface area contributed by atoms with Crippen LogP contribution in [0.2, 0.25) is 0 Å². The third-order valence-electron chi connectivity index (χ3n) is 6.13. The normalized spacial score (nSPS) is 18.7. The molecule has 3 amide bonds. The average molecular weight is 407 g/mol. The van der Waals surface area contributed by atoms with Crippen molar-refractivity contribution in [2.75, 3.05) is 36.0 Å². The van der Waals surface area contributed by atoms with E-state index in [0.717, 1.165) is 24.2 Å². The van der Waals surface area contributed by atoms with Crippen LogP contribution in [0.3, 0.4) is 0 Å². The van der Waals surface area contributed by atoms with Gasteiger partial charge in [-0.25, -0.2) is 4.98 Å². The molecule has 1 aromatic carbocycles. The van der Waals surface area contributed by atoms with Gasteiger partial charge in [0.1, 0.15) is 5.69 Å². The predicted molar refractivity (Wildman–Crippen MR) is 112 cm³/mol. The zero-order valence-electron chi connectivity index (χ0n) is 17.1. The number of hydrogen-bond donors (Lipinski definition) is 0. The van der Waals surface area contributed by atoms with Crippen LogP contribution in [-0.2, 0) is 11.3 Å². The Bertz CT molecular complexity index is 1030. The van der Waals surface area contributed by atoms with E-state index in [1.165, 1.54) is 0 Å². The highest BCUT2D eigenvalue weighted by Crippen LogP contribution is 2.38. The summed E-state index contributed by atoms with van der Waals surface area (Å²) in [5, 5.41) is 0. The van der Waals surface area contributed by atoms with Crippen LogP contribution in [0.15, 0.2) is 30.5 Å². The van der Waals surface area contributed by atoms with Crippen LogP contribution in [0.4, 0.5) is 11.4 Å². The van der Waals surface area contributed by atoms with Crippen molar-refractivity contribution in [1.82, 2.24) is 14.5 Å².